The summed E-state index contributed by atoms with van der Waals surface area (Å²) in [7, 11) is 3.18. The van der Waals surface area contributed by atoms with Crippen molar-refractivity contribution in [1.29, 1.82) is 0 Å². The van der Waals surface area contributed by atoms with Gasteiger partial charge in [0.25, 0.3) is 5.56 Å². The molecule has 1 heterocycles. The maximum Gasteiger partial charge on any atom is 0.251 e. The Hall–Kier alpha value is -3.06. The minimum absolute atomic E-state index is 0.145. The van der Waals surface area contributed by atoms with Crippen LogP contribution in [0.5, 0.6) is 11.5 Å². The predicted octanol–water partition coefficient (Wildman–Crippen LogP) is 2.79. The van der Waals surface area contributed by atoms with Crippen LogP contribution in [0.3, 0.4) is 0 Å². The summed E-state index contributed by atoms with van der Waals surface area (Å²) in [4.78, 5) is 15.4. The van der Waals surface area contributed by atoms with Crippen LogP contribution in [0, 0.1) is 0 Å². The molecule has 0 fully saturated rings. The van der Waals surface area contributed by atoms with Crippen molar-refractivity contribution in [2.24, 2.45) is 0 Å². The highest BCUT2D eigenvalue weighted by molar-refractivity contribution is 7.80. The van der Waals surface area contributed by atoms with Gasteiger partial charge in [0.15, 0.2) is 5.11 Å². The smallest absolute Gasteiger partial charge is 0.251 e. The molecule has 0 amide bonds. The zero-order valence-corrected chi connectivity index (χ0v) is 17.4. The lowest BCUT2D eigenvalue weighted by atomic mass is 10.1. The molecule has 1 aromatic heterocycles. The molecule has 0 aliphatic rings. The summed E-state index contributed by atoms with van der Waals surface area (Å²) in [5, 5.41) is 7.74. The zero-order valence-electron chi connectivity index (χ0n) is 16.6. The standard InChI is InChI=1S/C22H25N3O3S/c1-27-18-8-9-19(28-2)20-17(18)14-16(21(26)25-20)11-13-24-22(29)23-12-10-15-6-4-3-5-7-15/h3-9,14H,10-13H2,1-2H3,(H,25,26)(H2,23,24,29). The Morgan fingerprint density at radius 1 is 0.966 bits per heavy atom. The normalized spacial score (nSPS) is 10.6. The Morgan fingerprint density at radius 3 is 2.31 bits per heavy atom. The van der Waals surface area contributed by atoms with Crippen LogP contribution in [-0.2, 0) is 12.8 Å². The number of H-pyrrole nitrogens is 1. The third kappa shape index (κ3) is 5.26. The van der Waals surface area contributed by atoms with Crippen molar-refractivity contribution in [3.8, 4) is 11.5 Å². The third-order valence-electron chi connectivity index (χ3n) is 4.68. The van der Waals surface area contributed by atoms with E-state index < -0.39 is 0 Å². The van der Waals surface area contributed by atoms with Gasteiger partial charge in [-0.1, -0.05) is 30.3 Å². The molecule has 0 aliphatic heterocycles. The molecule has 3 rings (SSSR count). The topological polar surface area (TPSA) is 75.4 Å². The van der Waals surface area contributed by atoms with Crippen molar-refractivity contribution < 1.29 is 9.47 Å². The number of benzene rings is 2. The maximum atomic E-state index is 12.5. The highest BCUT2D eigenvalue weighted by Gasteiger charge is 2.11. The second kappa shape index (κ2) is 9.93. The van der Waals surface area contributed by atoms with Gasteiger partial charge in [0, 0.05) is 24.0 Å². The van der Waals surface area contributed by atoms with Crippen LogP contribution in [-0.4, -0.2) is 37.4 Å². The summed E-state index contributed by atoms with van der Waals surface area (Å²) in [6.07, 6.45) is 1.43. The number of rotatable bonds is 8. The predicted molar refractivity (Wildman–Crippen MR) is 120 cm³/mol. The van der Waals surface area contributed by atoms with Crippen molar-refractivity contribution in [1.82, 2.24) is 15.6 Å². The van der Waals surface area contributed by atoms with Crippen LogP contribution in [0.2, 0.25) is 0 Å². The van der Waals surface area contributed by atoms with Gasteiger partial charge in [-0.15, -0.1) is 0 Å². The van der Waals surface area contributed by atoms with Crippen molar-refractivity contribution in [2.45, 2.75) is 12.8 Å². The Kier molecular flexibility index (Phi) is 7.08. The van der Waals surface area contributed by atoms with E-state index >= 15 is 0 Å². The Bertz CT molecular complexity index is 1030. The Balaban J connectivity index is 1.58. The Morgan fingerprint density at radius 2 is 1.62 bits per heavy atom. The minimum atomic E-state index is -0.145. The fourth-order valence-electron chi connectivity index (χ4n) is 3.16. The fraction of sp³-hybridized carbons (Fsp3) is 0.273. The first-order chi connectivity index (χ1) is 14.1. The fourth-order valence-corrected chi connectivity index (χ4v) is 3.36. The molecule has 0 atom stereocenters. The maximum absolute atomic E-state index is 12.5. The SMILES string of the molecule is COc1ccc(OC)c2[nH]c(=O)c(CCNC(=S)NCCc3ccccc3)cc12. The van der Waals surface area contributed by atoms with Gasteiger partial charge >= 0.3 is 0 Å². The van der Waals surface area contributed by atoms with Crippen LogP contribution in [0.1, 0.15) is 11.1 Å². The van der Waals surface area contributed by atoms with Crippen molar-refractivity contribution in [3.05, 3.63) is 70.0 Å². The number of hydrogen-bond donors (Lipinski definition) is 3. The van der Waals surface area contributed by atoms with Crippen LogP contribution >= 0.6 is 12.2 Å². The van der Waals surface area contributed by atoms with E-state index in [1.807, 2.05) is 30.3 Å². The van der Waals surface area contributed by atoms with Crippen LogP contribution in [0.25, 0.3) is 10.9 Å². The van der Waals surface area contributed by atoms with Gasteiger partial charge < -0.3 is 25.1 Å². The number of thiocarbonyl (C=S) groups is 1. The van der Waals surface area contributed by atoms with Crippen LogP contribution in [0.4, 0.5) is 0 Å². The number of fused-ring (bicyclic) bond motifs is 1. The minimum Gasteiger partial charge on any atom is -0.496 e. The summed E-state index contributed by atoms with van der Waals surface area (Å²) < 4.78 is 10.8. The lowest BCUT2D eigenvalue weighted by Gasteiger charge is -2.12. The molecule has 0 bridgehead atoms. The molecule has 0 radical (unpaired) electrons. The number of hydrogen-bond acceptors (Lipinski definition) is 4. The van der Waals surface area contributed by atoms with Gasteiger partial charge in [-0.05, 0) is 48.8 Å². The van der Waals surface area contributed by atoms with E-state index in [0.717, 1.165) is 18.4 Å². The summed E-state index contributed by atoms with van der Waals surface area (Å²) in [6.45, 7) is 1.31. The summed E-state index contributed by atoms with van der Waals surface area (Å²) in [5.74, 6) is 1.29. The molecule has 3 N–H and O–H groups in total. The van der Waals surface area contributed by atoms with Gasteiger partial charge in [-0.25, -0.2) is 0 Å². The van der Waals surface area contributed by atoms with E-state index in [1.54, 1.807) is 20.3 Å². The number of aromatic nitrogens is 1. The molecule has 0 aliphatic carbocycles. The van der Waals surface area contributed by atoms with E-state index in [9.17, 15) is 4.79 Å². The van der Waals surface area contributed by atoms with Crippen molar-refractivity contribution >= 4 is 28.2 Å². The van der Waals surface area contributed by atoms with E-state index in [1.165, 1.54) is 5.56 Å². The highest BCUT2D eigenvalue weighted by Crippen LogP contribution is 2.31. The van der Waals surface area contributed by atoms with Gasteiger partial charge in [0.2, 0.25) is 0 Å². The van der Waals surface area contributed by atoms with Crippen LogP contribution in [0.15, 0.2) is 53.3 Å². The molecule has 6 nitrogen and oxygen atoms in total. The highest BCUT2D eigenvalue weighted by atomic mass is 32.1. The molecule has 7 heteroatoms. The molecule has 2 aromatic carbocycles. The first kappa shape index (κ1) is 20.7. The second-order valence-corrected chi connectivity index (χ2v) is 6.96. The first-order valence-corrected chi connectivity index (χ1v) is 9.85. The van der Waals surface area contributed by atoms with Gasteiger partial charge in [-0.3, -0.25) is 4.79 Å². The lowest BCUT2D eigenvalue weighted by Crippen LogP contribution is -2.37. The molecule has 3 aromatic rings. The lowest BCUT2D eigenvalue weighted by molar-refractivity contribution is 0.409. The molecule has 152 valence electrons. The molecule has 0 unspecified atom stereocenters. The molecule has 29 heavy (non-hydrogen) atoms. The van der Waals surface area contributed by atoms with E-state index in [0.29, 0.717) is 40.7 Å². The third-order valence-corrected chi connectivity index (χ3v) is 4.97. The van der Waals surface area contributed by atoms with Gasteiger partial charge in [-0.2, -0.15) is 0 Å². The molecule has 0 spiro atoms. The first-order valence-electron chi connectivity index (χ1n) is 9.45. The number of pyridine rings is 1. The zero-order chi connectivity index (χ0) is 20.6. The molecular formula is C22H25N3O3S. The molecule has 0 saturated carbocycles. The number of methoxy groups -OCH3 is 2. The van der Waals surface area contributed by atoms with Crippen molar-refractivity contribution in [2.75, 3.05) is 27.3 Å². The van der Waals surface area contributed by atoms with Gasteiger partial charge in [0.1, 0.15) is 11.5 Å². The van der Waals surface area contributed by atoms with Crippen LogP contribution < -0.4 is 25.7 Å². The molecule has 0 saturated heterocycles. The van der Waals surface area contributed by atoms with E-state index in [2.05, 4.69) is 27.8 Å². The van der Waals surface area contributed by atoms with E-state index in [-0.39, 0.29) is 5.56 Å². The van der Waals surface area contributed by atoms with Crippen molar-refractivity contribution in [3.63, 3.8) is 0 Å². The summed E-state index contributed by atoms with van der Waals surface area (Å²) >= 11 is 5.32. The Labute approximate surface area is 175 Å². The number of ether oxygens (including phenoxy) is 2. The van der Waals surface area contributed by atoms with E-state index in [4.69, 9.17) is 21.7 Å². The number of nitrogens with one attached hydrogen (secondary N) is 3. The second-order valence-electron chi connectivity index (χ2n) is 6.55. The largest absolute Gasteiger partial charge is 0.496 e. The average Bonchev–Trinajstić information content (AvgIpc) is 2.74. The average molecular weight is 412 g/mol. The summed E-state index contributed by atoms with van der Waals surface area (Å²) in [5.41, 5.74) is 2.40. The number of aromatic amines is 1. The monoisotopic (exact) mass is 411 g/mol. The molecular weight excluding hydrogens is 386 g/mol. The van der Waals surface area contributed by atoms with Gasteiger partial charge in [0.05, 0.1) is 19.7 Å². The quantitative estimate of drug-likeness (QED) is 0.495. The summed E-state index contributed by atoms with van der Waals surface area (Å²) in [6, 6.07) is 15.7.